The monoisotopic (exact) mass is 312 g/mol. The van der Waals surface area contributed by atoms with Crippen molar-refractivity contribution in [2.24, 2.45) is 5.92 Å². The molecule has 1 unspecified atom stereocenters. The molecule has 0 saturated carbocycles. The SMILES string of the molecule is CC(C)C(NC(=O)N(CCC(=O)O)C(C)C)c1cccs1. The minimum absolute atomic E-state index is 0.0412. The van der Waals surface area contributed by atoms with Gasteiger partial charge in [-0.05, 0) is 31.2 Å². The van der Waals surface area contributed by atoms with E-state index in [-0.39, 0.29) is 37.0 Å². The fourth-order valence-corrected chi connectivity index (χ4v) is 3.01. The zero-order chi connectivity index (χ0) is 16.0. The van der Waals surface area contributed by atoms with Crippen LogP contribution in [0.5, 0.6) is 0 Å². The van der Waals surface area contributed by atoms with Gasteiger partial charge in [0.15, 0.2) is 0 Å². The van der Waals surface area contributed by atoms with E-state index in [0.29, 0.717) is 0 Å². The molecule has 6 heteroatoms. The molecule has 21 heavy (non-hydrogen) atoms. The molecule has 1 heterocycles. The number of hydrogen-bond donors (Lipinski definition) is 2. The number of amides is 2. The molecule has 0 fully saturated rings. The Morgan fingerprint density at radius 2 is 2.00 bits per heavy atom. The lowest BCUT2D eigenvalue weighted by Crippen LogP contribution is -2.46. The van der Waals surface area contributed by atoms with Crippen molar-refractivity contribution in [2.75, 3.05) is 6.54 Å². The van der Waals surface area contributed by atoms with Gasteiger partial charge in [-0.1, -0.05) is 19.9 Å². The van der Waals surface area contributed by atoms with Gasteiger partial charge in [-0.15, -0.1) is 11.3 Å². The summed E-state index contributed by atoms with van der Waals surface area (Å²) in [4.78, 5) is 25.8. The number of nitrogens with one attached hydrogen (secondary N) is 1. The molecule has 1 rings (SSSR count). The molecular weight excluding hydrogens is 288 g/mol. The predicted octanol–water partition coefficient (Wildman–Crippen LogP) is 3.34. The van der Waals surface area contributed by atoms with E-state index in [4.69, 9.17) is 5.11 Å². The highest BCUT2D eigenvalue weighted by Crippen LogP contribution is 2.26. The standard InChI is InChI=1S/C15H24N2O3S/c1-10(2)14(12-6-5-9-21-12)16-15(20)17(11(3)4)8-7-13(18)19/h5-6,9-11,14H,7-8H2,1-4H3,(H,16,20)(H,18,19). The lowest BCUT2D eigenvalue weighted by Gasteiger charge is -2.30. The average molecular weight is 312 g/mol. The molecule has 5 nitrogen and oxygen atoms in total. The maximum absolute atomic E-state index is 12.4. The second-order valence-electron chi connectivity index (χ2n) is 5.62. The van der Waals surface area contributed by atoms with E-state index >= 15 is 0 Å². The topological polar surface area (TPSA) is 69.6 Å². The Kier molecular flexibility index (Phi) is 6.68. The van der Waals surface area contributed by atoms with Crippen LogP contribution in [0.3, 0.4) is 0 Å². The van der Waals surface area contributed by atoms with Crippen LogP contribution in [0, 0.1) is 5.92 Å². The van der Waals surface area contributed by atoms with E-state index in [1.54, 1.807) is 16.2 Å². The zero-order valence-corrected chi connectivity index (χ0v) is 13.8. The van der Waals surface area contributed by atoms with Crippen molar-refractivity contribution in [3.63, 3.8) is 0 Å². The Labute approximate surface area is 130 Å². The molecule has 0 aliphatic rings. The lowest BCUT2D eigenvalue weighted by molar-refractivity contribution is -0.137. The lowest BCUT2D eigenvalue weighted by atomic mass is 10.0. The second-order valence-corrected chi connectivity index (χ2v) is 6.60. The van der Waals surface area contributed by atoms with Gasteiger partial charge in [-0.3, -0.25) is 4.79 Å². The molecule has 1 aromatic heterocycles. The third-order valence-corrected chi connectivity index (χ3v) is 4.20. The van der Waals surface area contributed by atoms with Crippen molar-refractivity contribution in [3.8, 4) is 0 Å². The van der Waals surface area contributed by atoms with Gasteiger partial charge >= 0.3 is 12.0 Å². The van der Waals surface area contributed by atoms with Crippen LogP contribution in [0.1, 0.15) is 45.0 Å². The first kappa shape index (κ1) is 17.5. The van der Waals surface area contributed by atoms with Crippen LogP contribution in [-0.4, -0.2) is 34.6 Å². The Morgan fingerprint density at radius 1 is 1.33 bits per heavy atom. The van der Waals surface area contributed by atoms with Crippen LogP contribution < -0.4 is 5.32 Å². The van der Waals surface area contributed by atoms with Gasteiger partial charge in [-0.2, -0.15) is 0 Å². The summed E-state index contributed by atoms with van der Waals surface area (Å²) in [5, 5.41) is 13.8. The summed E-state index contributed by atoms with van der Waals surface area (Å²) < 4.78 is 0. The Bertz CT molecular complexity index is 457. The third-order valence-electron chi connectivity index (χ3n) is 3.25. The van der Waals surface area contributed by atoms with Crippen LogP contribution in [0.25, 0.3) is 0 Å². The van der Waals surface area contributed by atoms with Crippen molar-refractivity contribution in [3.05, 3.63) is 22.4 Å². The van der Waals surface area contributed by atoms with E-state index < -0.39 is 5.97 Å². The number of hydrogen-bond acceptors (Lipinski definition) is 3. The van der Waals surface area contributed by atoms with Crippen LogP contribution in [0.15, 0.2) is 17.5 Å². The van der Waals surface area contributed by atoms with Crippen LogP contribution in [0.2, 0.25) is 0 Å². The summed E-state index contributed by atoms with van der Waals surface area (Å²) in [6.07, 6.45) is -0.0447. The van der Waals surface area contributed by atoms with Crippen LogP contribution in [0.4, 0.5) is 4.79 Å². The predicted molar refractivity (Wildman–Crippen MR) is 84.5 cm³/mol. The number of urea groups is 1. The highest BCUT2D eigenvalue weighted by molar-refractivity contribution is 7.10. The van der Waals surface area contributed by atoms with E-state index in [1.807, 2.05) is 31.4 Å². The zero-order valence-electron chi connectivity index (χ0n) is 13.0. The first-order valence-corrected chi connectivity index (χ1v) is 8.03. The van der Waals surface area contributed by atoms with E-state index in [9.17, 15) is 9.59 Å². The molecule has 0 bridgehead atoms. The molecule has 0 aromatic carbocycles. The van der Waals surface area contributed by atoms with Crippen molar-refractivity contribution < 1.29 is 14.7 Å². The number of nitrogens with zero attached hydrogens (tertiary/aromatic N) is 1. The van der Waals surface area contributed by atoms with Crippen LogP contribution in [-0.2, 0) is 4.79 Å². The molecule has 1 aromatic rings. The first-order chi connectivity index (χ1) is 9.82. The molecule has 0 aliphatic carbocycles. The smallest absolute Gasteiger partial charge is 0.318 e. The molecule has 0 spiro atoms. The van der Waals surface area contributed by atoms with Crippen molar-refractivity contribution in [2.45, 2.75) is 46.2 Å². The fraction of sp³-hybridized carbons (Fsp3) is 0.600. The van der Waals surface area contributed by atoms with Gasteiger partial charge in [-0.25, -0.2) is 4.79 Å². The van der Waals surface area contributed by atoms with Crippen molar-refractivity contribution in [1.82, 2.24) is 10.2 Å². The van der Waals surface area contributed by atoms with Crippen molar-refractivity contribution >= 4 is 23.3 Å². The number of rotatable bonds is 7. The largest absolute Gasteiger partial charge is 0.481 e. The summed E-state index contributed by atoms with van der Waals surface area (Å²) in [5.74, 6) is -0.631. The molecule has 2 amide bonds. The van der Waals surface area contributed by atoms with Crippen LogP contribution >= 0.6 is 11.3 Å². The Balaban J connectivity index is 2.76. The summed E-state index contributed by atoms with van der Waals surface area (Å²) >= 11 is 1.61. The van der Waals surface area contributed by atoms with Gasteiger partial charge in [0.05, 0.1) is 12.5 Å². The minimum Gasteiger partial charge on any atom is -0.481 e. The Hall–Kier alpha value is -1.56. The molecular formula is C15H24N2O3S. The molecule has 0 radical (unpaired) electrons. The van der Waals surface area contributed by atoms with Gasteiger partial charge in [0.25, 0.3) is 0 Å². The molecule has 118 valence electrons. The van der Waals surface area contributed by atoms with Gasteiger partial charge in [0, 0.05) is 17.5 Å². The van der Waals surface area contributed by atoms with Gasteiger partial charge in [0.2, 0.25) is 0 Å². The normalized spacial score (nSPS) is 12.5. The highest BCUT2D eigenvalue weighted by atomic mass is 32.1. The highest BCUT2D eigenvalue weighted by Gasteiger charge is 2.24. The molecule has 1 atom stereocenters. The number of carboxylic acid groups (broad SMARTS) is 1. The fourth-order valence-electron chi connectivity index (χ4n) is 2.06. The quantitative estimate of drug-likeness (QED) is 0.811. The molecule has 0 aliphatic heterocycles. The van der Waals surface area contributed by atoms with Gasteiger partial charge in [0.1, 0.15) is 0 Å². The number of carboxylic acids is 1. The summed E-state index contributed by atoms with van der Waals surface area (Å²) in [5.41, 5.74) is 0. The number of thiophene rings is 1. The average Bonchev–Trinajstić information content (AvgIpc) is 2.88. The van der Waals surface area contributed by atoms with Crippen molar-refractivity contribution in [1.29, 1.82) is 0 Å². The number of carbonyl (C=O) groups excluding carboxylic acids is 1. The third kappa shape index (κ3) is 5.38. The summed E-state index contributed by atoms with van der Waals surface area (Å²) in [7, 11) is 0. The van der Waals surface area contributed by atoms with Gasteiger partial charge < -0.3 is 15.3 Å². The van der Waals surface area contributed by atoms with E-state index in [1.165, 1.54) is 0 Å². The van der Waals surface area contributed by atoms with E-state index in [2.05, 4.69) is 19.2 Å². The summed E-state index contributed by atoms with van der Waals surface area (Å²) in [6.45, 7) is 8.10. The maximum atomic E-state index is 12.4. The molecule has 2 N–H and O–H groups in total. The number of carbonyl (C=O) groups is 2. The number of aliphatic carboxylic acids is 1. The second kappa shape index (κ2) is 8.02. The minimum atomic E-state index is -0.896. The molecule has 0 saturated heterocycles. The summed E-state index contributed by atoms with van der Waals surface area (Å²) in [6, 6.07) is 3.67. The maximum Gasteiger partial charge on any atom is 0.318 e. The Morgan fingerprint density at radius 3 is 2.43 bits per heavy atom. The first-order valence-electron chi connectivity index (χ1n) is 7.15. The van der Waals surface area contributed by atoms with E-state index in [0.717, 1.165) is 4.88 Å².